The quantitative estimate of drug-likeness (QED) is 0.673. The van der Waals surface area contributed by atoms with Crippen molar-refractivity contribution in [3.63, 3.8) is 0 Å². The Morgan fingerprint density at radius 2 is 1.64 bits per heavy atom. The Balaban J connectivity index is 1.60. The Hall–Kier alpha value is -2.82. The number of carbonyl (C=O) groups is 1. The highest BCUT2D eigenvalue weighted by atomic mass is 19.1. The van der Waals surface area contributed by atoms with E-state index in [-0.39, 0.29) is 29.2 Å². The number of rotatable bonds is 3. The first kappa shape index (κ1) is 26.2. The molecule has 4 atom stereocenters. The summed E-state index contributed by atoms with van der Waals surface area (Å²) >= 11 is 0. The molecule has 1 amide bonds. The molecule has 7 heteroatoms. The maximum atomic E-state index is 14.8. The van der Waals surface area contributed by atoms with Crippen molar-refractivity contribution in [3.8, 4) is 6.07 Å². The first-order valence-corrected chi connectivity index (χ1v) is 12.6. The lowest BCUT2D eigenvalue weighted by molar-refractivity contribution is -0.152. The van der Waals surface area contributed by atoms with Crippen LogP contribution in [-0.2, 0) is 10.4 Å². The van der Waals surface area contributed by atoms with E-state index in [1.54, 1.807) is 29.2 Å². The van der Waals surface area contributed by atoms with Gasteiger partial charge in [0.1, 0.15) is 11.6 Å². The zero-order valence-corrected chi connectivity index (χ0v) is 21.6. The molecule has 0 aromatic heterocycles. The van der Waals surface area contributed by atoms with Gasteiger partial charge in [-0.2, -0.15) is 5.26 Å². The fraction of sp³-hybridized carbons (Fsp3) is 0.517. The fourth-order valence-electron chi connectivity index (χ4n) is 6.01. The van der Waals surface area contributed by atoms with Crippen molar-refractivity contribution in [3.05, 3.63) is 70.8 Å². The molecular formula is C29H35F2N3O2. The normalized spacial score (nSPS) is 29.2. The van der Waals surface area contributed by atoms with Gasteiger partial charge in [-0.15, -0.1) is 0 Å². The maximum absolute atomic E-state index is 14.8. The van der Waals surface area contributed by atoms with E-state index in [1.807, 2.05) is 13.8 Å². The average molecular weight is 496 g/mol. The first-order chi connectivity index (χ1) is 16.9. The Morgan fingerprint density at radius 1 is 1.03 bits per heavy atom. The standard InChI is InChI=1S/C29H35F2N3O2/c1-18-14-33(15-19(2)29(18,36)21-8-6-20(13-32)7-9-21)27(35)25-17-34(28(3,4)5)16-24(25)23-11-10-22(30)12-26(23)31/h6-12,18-19,24-25,36H,14-17H2,1-5H3/t18?,19?,24-,25+,29?/m0/s1. The van der Waals surface area contributed by atoms with Crippen LogP contribution in [0.5, 0.6) is 0 Å². The molecule has 192 valence electrons. The van der Waals surface area contributed by atoms with E-state index in [4.69, 9.17) is 5.26 Å². The van der Waals surface area contributed by atoms with Crippen LogP contribution in [0, 0.1) is 40.7 Å². The molecule has 0 spiro atoms. The molecule has 2 aromatic rings. The second-order valence-electron chi connectivity index (χ2n) is 11.5. The Kier molecular flexibility index (Phi) is 6.98. The molecule has 36 heavy (non-hydrogen) atoms. The van der Waals surface area contributed by atoms with E-state index < -0.39 is 23.2 Å². The predicted octanol–water partition coefficient (Wildman–Crippen LogP) is 4.65. The van der Waals surface area contributed by atoms with Crippen molar-refractivity contribution in [1.29, 1.82) is 5.26 Å². The number of hydrogen-bond acceptors (Lipinski definition) is 4. The van der Waals surface area contributed by atoms with Crippen molar-refractivity contribution in [2.45, 2.75) is 51.7 Å². The summed E-state index contributed by atoms with van der Waals surface area (Å²) in [6.07, 6.45) is 0. The van der Waals surface area contributed by atoms with Crippen LogP contribution in [0.25, 0.3) is 0 Å². The highest BCUT2D eigenvalue weighted by molar-refractivity contribution is 5.81. The van der Waals surface area contributed by atoms with Gasteiger partial charge in [-0.3, -0.25) is 9.69 Å². The second kappa shape index (κ2) is 9.57. The lowest BCUT2D eigenvalue weighted by Gasteiger charge is -2.48. The molecule has 2 saturated heterocycles. The van der Waals surface area contributed by atoms with Gasteiger partial charge >= 0.3 is 0 Å². The molecule has 0 saturated carbocycles. The number of likely N-dealkylation sites (tertiary alicyclic amines) is 2. The number of benzene rings is 2. The Bertz CT molecular complexity index is 1160. The van der Waals surface area contributed by atoms with Gasteiger partial charge < -0.3 is 10.0 Å². The molecule has 0 radical (unpaired) electrons. The number of aliphatic hydroxyl groups is 1. The van der Waals surface area contributed by atoms with Gasteiger partial charge in [0, 0.05) is 55.5 Å². The maximum Gasteiger partial charge on any atom is 0.227 e. The molecule has 2 fully saturated rings. The molecular weight excluding hydrogens is 460 g/mol. The highest BCUT2D eigenvalue weighted by Crippen LogP contribution is 2.44. The molecule has 0 bridgehead atoms. The third-order valence-corrected chi connectivity index (χ3v) is 8.23. The molecule has 2 unspecified atom stereocenters. The van der Waals surface area contributed by atoms with Crippen LogP contribution in [-0.4, -0.2) is 52.5 Å². The van der Waals surface area contributed by atoms with E-state index in [9.17, 15) is 18.7 Å². The van der Waals surface area contributed by atoms with E-state index in [1.165, 1.54) is 12.1 Å². The van der Waals surface area contributed by atoms with E-state index in [0.29, 0.717) is 37.3 Å². The molecule has 0 aliphatic carbocycles. The van der Waals surface area contributed by atoms with E-state index >= 15 is 0 Å². The topological polar surface area (TPSA) is 67.6 Å². The van der Waals surface area contributed by atoms with Gasteiger partial charge in [0.15, 0.2) is 0 Å². The molecule has 2 aromatic carbocycles. The van der Waals surface area contributed by atoms with Crippen LogP contribution in [0.2, 0.25) is 0 Å². The van der Waals surface area contributed by atoms with Crippen molar-refractivity contribution in [2.75, 3.05) is 26.2 Å². The minimum absolute atomic E-state index is 0.0592. The average Bonchev–Trinajstić information content (AvgIpc) is 3.27. The molecule has 5 nitrogen and oxygen atoms in total. The van der Waals surface area contributed by atoms with Crippen LogP contribution in [0.15, 0.2) is 42.5 Å². The van der Waals surface area contributed by atoms with Gasteiger partial charge in [0.2, 0.25) is 5.91 Å². The number of hydrogen-bond donors (Lipinski definition) is 1. The molecule has 4 rings (SSSR count). The monoisotopic (exact) mass is 495 g/mol. The highest BCUT2D eigenvalue weighted by Gasteiger charge is 2.50. The third kappa shape index (κ3) is 4.65. The zero-order valence-electron chi connectivity index (χ0n) is 21.6. The van der Waals surface area contributed by atoms with Gasteiger partial charge in [-0.1, -0.05) is 32.0 Å². The summed E-state index contributed by atoms with van der Waals surface area (Å²) < 4.78 is 28.5. The van der Waals surface area contributed by atoms with Gasteiger partial charge in [0.05, 0.1) is 23.2 Å². The summed E-state index contributed by atoms with van der Waals surface area (Å²) in [6.45, 7) is 11.8. The summed E-state index contributed by atoms with van der Waals surface area (Å²) in [6, 6.07) is 12.7. The largest absolute Gasteiger partial charge is 0.384 e. The van der Waals surface area contributed by atoms with Crippen molar-refractivity contribution in [1.82, 2.24) is 9.80 Å². The third-order valence-electron chi connectivity index (χ3n) is 8.23. The van der Waals surface area contributed by atoms with Crippen LogP contribution >= 0.6 is 0 Å². The predicted molar refractivity (Wildman–Crippen MR) is 134 cm³/mol. The van der Waals surface area contributed by atoms with Crippen LogP contribution in [0.1, 0.15) is 57.2 Å². The lowest BCUT2D eigenvalue weighted by Crippen LogP contribution is -2.57. The number of nitrogens with zero attached hydrogens (tertiary/aromatic N) is 3. The number of amides is 1. The summed E-state index contributed by atoms with van der Waals surface area (Å²) in [5.41, 5.74) is 0.287. The van der Waals surface area contributed by atoms with Crippen molar-refractivity contribution in [2.24, 2.45) is 17.8 Å². The zero-order chi connectivity index (χ0) is 26.4. The summed E-state index contributed by atoms with van der Waals surface area (Å²) in [4.78, 5) is 17.9. The van der Waals surface area contributed by atoms with Crippen molar-refractivity contribution < 1.29 is 18.7 Å². The number of carbonyl (C=O) groups excluding carboxylic acids is 1. The SMILES string of the molecule is CC1CN(C(=O)[C@@H]2CN(C(C)(C)C)C[C@H]2c2ccc(F)cc2F)CC(C)C1(O)c1ccc(C#N)cc1. The first-order valence-electron chi connectivity index (χ1n) is 12.6. The summed E-state index contributed by atoms with van der Waals surface area (Å²) in [5.74, 6) is -2.67. The number of piperidine rings is 1. The molecule has 1 N–H and O–H groups in total. The molecule has 2 aliphatic heterocycles. The van der Waals surface area contributed by atoms with Gasteiger partial charge in [-0.05, 0) is 50.1 Å². The van der Waals surface area contributed by atoms with Crippen LogP contribution in [0.3, 0.4) is 0 Å². The number of halogens is 2. The minimum Gasteiger partial charge on any atom is -0.384 e. The van der Waals surface area contributed by atoms with Crippen molar-refractivity contribution >= 4 is 5.91 Å². The Labute approximate surface area is 212 Å². The van der Waals surface area contributed by atoms with Crippen LogP contribution < -0.4 is 0 Å². The smallest absolute Gasteiger partial charge is 0.227 e. The fourth-order valence-corrected chi connectivity index (χ4v) is 6.01. The van der Waals surface area contributed by atoms with Gasteiger partial charge in [-0.25, -0.2) is 8.78 Å². The summed E-state index contributed by atoms with van der Waals surface area (Å²) in [5, 5.41) is 20.8. The minimum atomic E-state index is -1.14. The van der Waals surface area contributed by atoms with Crippen LogP contribution in [0.4, 0.5) is 8.78 Å². The van der Waals surface area contributed by atoms with Gasteiger partial charge in [0.25, 0.3) is 0 Å². The number of nitriles is 1. The molecule has 2 aliphatic rings. The lowest BCUT2D eigenvalue weighted by atomic mass is 9.70. The van der Waals surface area contributed by atoms with E-state index in [2.05, 4.69) is 31.7 Å². The Morgan fingerprint density at radius 3 is 2.17 bits per heavy atom. The summed E-state index contributed by atoms with van der Waals surface area (Å²) in [7, 11) is 0. The second-order valence-corrected chi connectivity index (χ2v) is 11.5. The molecule has 2 heterocycles. The van der Waals surface area contributed by atoms with E-state index in [0.717, 1.165) is 11.6 Å².